The van der Waals surface area contributed by atoms with Crippen LogP contribution >= 0.6 is 0 Å². The van der Waals surface area contributed by atoms with E-state index in [1.54, 1.807) is 0 Å². The Kier molecular flexibility index (Phi) is 7.06. The van der Waals surface area contributed by atoms with Crippen molar-refractivity contribution in [2.45, 2.75) is 78.2 Å². The van der Waals surface area contributed by atoms with Gasteiger partial charge in [-0.1, -0.05) is 53.0 Å². The molecule has 1 aromatic carbocycles. The average molecular weight is 346 g/mol. The van der Waals surface area contributed by atoms with Gasteiger partial charge in [0.2, 0.25) is 0 Å². The van der Waals surface area contributed by atoms with E-state index in [1.165, 1.54) is 38.5 Å². The summed E-state index contributed by atoms with van der Waals surface area (Å²) in [4.78, 5) is 13.8. The van der Waals surface area contributed by atoms with Gasteiger partial charge in [0.25, 0.3) is 0 Å². The molecule has 3 heteroatoms. The molecule has 1 N–H and O–H groups in total. The topological polar surface area (TPSA) is 40.5 Å². The normalized spacial score (nSPS) is 19.6. The molecular formula is C22H35NO2. The SMILES string of the molecule is CCCCC1CCCN(Cc2cc(C(C)(C)C)cc(C=O)c2O)CC1. The summed E-state index contributed by atoms with van der Waals surface area (Å²) < 4.78 is 0. The highest BCUT2D eigenvalue weighted by Crippen LogP contribution is 2.32. The van der Waals surface area contributed by atoms with E-state index in [4.69, 9.17) is 0 Å². The number of unbranched alkanes of at least 4 members (excludes halogenated alkanes) is 1. The van der Waals surface area contributed by atoms with Crippen LogP contribution in [0.3, 0.4) is 0 Å². The van der Waals surface area contributed by atoms with Crippen LogP contribution in [0.2, 0.25) is 0 Å². The van der Waals surface area contributed by atoms with Crippen molar-refractivity contribution in [3.63, 3.8) is 0 Å². The maximum Gasteiger partial charge on any atom is 0.153 e. The van der Waals surface area contributed by atoms with Crippen LogP contribution in [0.4, 0.5) is 0 Å². The van der Waals surface area contributed by atoms with Gasteiger partial charge < -0.3 is 5.11 Å². The second-order valence-electron chi connectivity index (χ2n) is 8.66. The van der Waals surface area contributed by atoms with Crippen LogP contribution in [0.5, 0.6) is 5.75 Å². The van der Waals surface area contributed by atoms with Crippen molar-refractivity contribution >= 4 is 6.29 Å². The second kappa shape index (κ2) is 8.84. The lowest BCUT2D eigenvalue weighted by atomic mass is 9.84. The molecule has 0 spiro atoms. The number of aldehydes is 1. The summed E-state index contributed by atoms with van der Waals surface area (Å²) >= 11 is 0. The Hall–Kier alpha value is -1.35. The molecule has 140 valence electrons. The van der Waals surface area contributed by atoms with Crippen molar-refractivity contribution in [1.82, 2.24) is 4.90 Å². The van der Waals surface area contributed by atoms with Crippen LogP contribution in [0.1, 0.15) is 87.7 Å². The zero-order valence-electron chi connectivity index (χ0n) is 16.5. The van der Waals surface area contributed by atoms with E-state index in [-0.39, 0.29) is 11.2 Å². The molecule has 0 saturated carbocycles. The molecule has 3 nitrogen and oxygen atoms in total. The van der Waals surface area contributed by atoms with E-state index in [9.17, 15) is 9.90 Å². The molecule has 2 rings (SSSR count). The summed E-state index contributed by atoms with van der Waals surface area (Å²) in [7, 11) is 0. The van der Waals surface area contributed by atoms with Crippen molar-refractivity contribution in [3.05, 3.63) is 28.8 Å². The fraction of sp³-hybridized carbons (Fsp3) is 0.682. The van der Waals surface area contributed by atoms with Crippen molar-refractivity contribution in [2.75, 3.05) is 13.1 Å². The summed E-state index contributed by atoms with van der Waals surface area (Å²) in [6.45, 7) is 11.6. The van der Waals surface area contributed by atoms with Gasteiger partial charge in [0.1, 0.15) is 5.75 Å². The molecular weight excluding hydrogens is 310 g/mol. The van der Waals surface area contributed by atoms with Gasteiger partial charge in [-0.25, -0.2) is 0 Å². The fourth-order valence-corrected chi connectivity index (χ4v) is 3.77. The second-order valence-corrected chi connectivity index (χ2v) is 8.66. The molecule has 1 aliphatic rings. The predicted molar refractivity (Wildman–Crippen MR) is 104 cm³/mol. The van der Waals surface area contributed by atoms with Crippen LogP contribution in [0.15, 0.2) is 12.1 Å². The Labute approximate surface area is 153 Å². The Balaban J connectivity index is 2.12. The third kappa shape index (κ3) is 5.57. The van der Waals surface area contributed by atoms with Crippen LogP contribution in [0.25, 0.3) is 0 Å². The lowest BCUT2D eigenvalue weighted by Gasteiger charge is -2.25. The lowest BCUT2D eigenvalue weighted by molar-refractivity contribution is 0.112. The number of phenolic OH excluding ortho intramolecular Hbond substituents is 1. The van der Waals surface area contributed by atoms with E-state index in [2.05, 4.69) is 38.7 Å². The maximum atomic E-state index is 11.4. The summed E-state index contributed by atoms with van der Waals surface area (Å²) in [6, 6.07) is 3.91. The smallest absolute Gasteiger partial charge is 0.153 e. The number of nitrogens with zero attached hydrogens (tertiary/aromatic N) is 1. The first-order chi connectivity index (χ1) is 11.8. The summed E-state index contributed by atoms with van der Waals surface area (Å²) in [5, 5.41) is 10.5. The number of rotatable bonds is 6. The zero-order chi connectivity index (χ0) is 18.4. The number of carbonyl (C=O) groups excluding carboxylic acids is 1. The van der Waals surface area contributed by atoms with Gasteiger partial charge in [-0.2, -0.15) is 0 Å². The van der Waals surface area contributed by atoms with Gasteiger partial charge in [0.15, 0.2) is 6.29 Å². The van der Waals surface area contributed by atoms with Crippen LogP contribution < -0.4 is 0 Å². The molecule has 0 aliphatic carbocycles. The van der Waals surface area contributed by atoms with Crippen LogP contribution in [-0.4, -0.2) is 29.4 Å². The Bertz CT molecular complexity index is 574. The highest BCUT2D eigenvalue weighted by molar-refractivity contribution is 5.80. The third-order valence-electron chi connectivity index (χ3n) is 5.51. The molecule has 1 fully saturated rings. The van der Waals surface area contributed by atoms with Crippen molar-refractivity contribution < 1.29 is 9.90 Å². The lowest BCUT2D eigenvalue weighted by Crippen LogP contribution is -2.25. The Morgan fingerprint density at radius 2 is 2.00 bits per heavy atom. The number of aromatic hydroxyl groups is 1. The monoisotopic (exact) mass is 345 g/mol. The van der Waals surface area contributed by atoms with E-state index in [1.807, 2.05) is 6.07 Å². The van der Waals surface area contributed by atoms with Crippen LogP contribution in [-0.2, 0) is 12.0 Å². The molecule has 0 radical (unpaired) electrons. The minimum atomic E-state index is -0.0375. The van der Waals surface area contributed by atoms with Gasteiger partial charge in [0, 0.05) is 12.1 Å². The predicted octanol–water partition coefficient (Wildman–Crippen LogP) is 5.29. The van der Waals surface area contributed by atoms with Gasteiger partial charge in [0.05, 0.1) is 5.56 Å². The number of benzene rings is 1. The Morgan fingerprint density at radius 3 is 2.64 bits per heavy atom. The largest absolute Gasteiger partial charge is 0.507 e. The first kappa shape index (κ1) is 20.0. The average Bonchev–Trinajstić information content (AvgIpc) is 2.79. The first-order valence-corrected chi connectivity index (χ1v) is 9.89. The molecule has 0 bridgehead atoms. The minimum absolute atomic E-state index is 0.0375. The molecule has 1 aromatic rings. The maximum absolute atomic E-state index is 11.4. The summed E-state index contributed by atoms with van der Waals surface area (Å²) in [6.07, 6.45) is 8.55. The molecule has 0 aromatic heterocycles. The van der Waals surface area contributed by atoms with Gasteiger partial charge >= 0.3 is 0 Å². The van der Waals surface area contributed by atoms with E-state index in [0.29, 0.717) is 5.56 Å². The highest BCUT2D eigenvalue weighted by atomic mass is 16.3. The number of carbonyl (C=O) groups is 1. The summed E-state index contributed by atoms with van der Waals surface area (Å²) in [5.41, 5.74) is 2.38. The number of phenols is 1. The van der Waals surface area contributed by atoms with Crippen molar-refractivity contribution in [2.24, 2.45) is 5.92 Å². The first-order valence-electron chi connectivity index (χ1n) is 9.89. The number of hydrogen-bond acceptors (Lipinski definition) is 3. The van der Waals surface area contributed by atoms with E-state index >= 15 is 0 Å². The van der Waals surface area contributed by atoms with Gasteiger partial charge in [-0.05, 0) is 55.3 Å². The standard InChI is InChI=1S/C22H35NO2/c1-5-6-8-17-9-7-11-23(12-10-17)15-18-13-20(22(2,3)4)14-19(16-24)21(18)25/h13-14,16-17,25H,5-12,15H2,1-4H3. The summed E-state index contributed by atoms with van der Waals surface area (Å²) in [5.74, 6) is 1.01. The molecule has 1 atom stereocenters. The number of hydrogen-bond donors (Lipinski definition) is 1. The van der Waals surface area contributed by atoms with E-state index < -0.39 is 0 Å². The molecule has 1 aliphatic heterocycles. The molecule has 1 saturated heterocycles. The number of likely N-dealkylation sites (tertiary alicyclic amines) is 1. The van der Waals surface area contributed by atoms with Gasteiger partial charge in [-0.15, -0.1) is 0 Å². The third-order valence-corrected chi connectivity index (χ3v) is 5.51. The minimum Gasteiger partial charge on any atom is -0.507 e. The Morgan fingerprint density at radius 1 is 1.24 bits per heavy atom. The molecule has 25 heavy (non-hydrogen) atoms. The van der Waals surface area contributed by atoms with Crippen LogP contribution in [0, 0.1) is 5.92 Å². The van der Waals surface area contributed by atoms with Crippen molar-refractivity contribution in [1.29, 1.82) is 0 Å². The molecule has 1 unspecified atom stereocenters. The quantitative estimate of drug-likeness (QED) is 0.712. The van der Waals surface area contributed by atoms with Gasteiger partial charge in [-0.3, -0.25) is 9.69 Å². The molecule has 0 amide bonds. The zero-order valence-corrected chi connectivity index (χ0v) is 16.5. The molecule has 1 heterocycles. The fourth-order valence-electron chi connectivity index (χ4n) is 3.77. The van der Waals surface area contributed by atoms with Crippen molar-refractivity contribution in [3.8, 4) is 5.75 Å². The highest BCUT2D eigenvalue weighted by Gasteiger charge is 2.21. The van der Waals surface area contributed by atoms with E-state index in [0.717, 1.165) is 43.0 Å².